The molecule has 0 radical (unpaired) electrons. The first-order valence-electron chi connectivity index (χ1n) is 5.23. The lowest BCUT2D eigenvalue weighted by Crippen LogP contribution is -2.02. The summed E-state index contributed by atoms with van der Waals surface area (Å²) in [6, 6.07) is 8.19. The number of nitrogen functional groups attached to an aromatic ring is 1. The summed E-state index contributed by atoms with van der Waals surface area (Å²) in [5, 5.41) is 8.10. The molecule has 5 heteroatoms. The van der Waals surface area contributed by atoms with Crippen molar-refractivity contribution < 1.29 is 0 Å². The van der Waals surface area contributed by atoms with Crippen LogP contribution in [0.25, 0.3) is 5.69 Å². The molecule has 1 aliphatic carbocycles. The van der Waals surface area contributed by atoms with Gasteiger partial charge in [0.2, 0.25) is 0 Å². The number of anilines is 1. The molecular weight excluding hydrogens is 315 g/mol. The van der Waals surface area contributed by atoms with Crippen molar-refractivity contribution >= 4 is 28.4 Å². The molecule has 0 aliphatic heterocycles. The molecule has 0 saturated heterocycles. The van der Waals surface area contributed by atoms with E-state index >= 15 is 0 Å². The number of nitrogens with two attached hydrogens (primary N) is 1. The average Bonchev–Trinajstić information content (AvgIpc) is 3.02. The summed E-state index contributed by atoms with van der Waals surface area (Å²) < 4.78 is 3.06. The van der Waals surface area contributed by atoms with E-state index in [9.17, 15) is 0 Å². The van der Waals surface area contributed by atoms with Crippen molar-refractivity contribution in [1.29, 1.82) is 0 Å². The van der Waals surface area contributed by atoms with Gasteiger partial charge in [-0.3, -0.25) is 0 Å². The minimum atomic E-state index is 0.549. The Morgan fingerprint density at radius 2 is 2.19 bits per heavy atom. The van der Waals surface area contributed by atoms with Gasteiger partial charge >= 0.3 is 0 Å². The summed E-state index contributed by atoms with van der Waals surface area (Å²) in [5.41, 5.74) is 7.97. The van der Waals surface area contributed by atoms with Gasteiger partial charge in [-0.1, -0.05) is 11.3 Å². The lowest BCUT2D eigenvalue weighted by Gasteiger charge is -2.05. The zero-order valence-corrected chi connectivity index (χ0v) is 10.8. The summed E-state index contributed by atoms with van der Waals surface area (Å²) in [6.07, 6.45) is 2.39. The number of aromatic nitrogens is 3. The topological polar surface area (TPSA) is 56.7 Å². The maximum absolute atomic E-state index is 5.86. The minimum Gasteiger partial charge on any atom is -0.381 e. The molecule has 1 fully saturated rings. The van der Waals surface area contributed by atoms with E-state index in [-0.39, 0.29) is 0 Å². The fourth-order valence-corrected chi connectivity index (χ4v) is 2.36. The van der Waals surface area contributed by atoms with Crippen molar-refractivity contribution in [3.63, 3.8) is 0 Å². The van der Waals surface area contributed by atoms with Crippen LogP contribution in [0.4, 0.5) is 5.82 Å². The van der Waals surface area contributed by atoms with Crippen LogP contribution in [0.3, 0.4) is 0 Å². The van der Waals surface area contributed by atoms with E-state index in [0.717, 1.165) is 11.4 Å². The summed E-state index contributed by atoms with van der Waals surface area (Å²) in [6.45, 7) is 0. The maximum Gasteiger partial charge on any atom is 0.169 e. The van der Waals surface area contributed by atoms with E-state index in [1.807, 2.05) is 16.8 Å². The lowest BCUT2D eigenvalue weighted by atomic mass is 10.2. The van der Waals surface area contributed by atoms with Crippen LogP contribution in [0.2, 0.25) is 0 Å². The second-order valence-electron chi connectivity index (χ2n) is 4.03. The molecule has 4 nitrogen and oxygen atoms in total. The molecule has 2 N–H and O–H groups in total. The Balaban J connectivity index is 2.12. The molecule has 0 bridgehead atoms. The Kier molecular flexibility index (Phi) is 2.34. The molecule has 0 amide bonds. The van der Waals surface area contributed by atoms with Gasteiger partial charge in [0.25, 0.3) is 0 Å². The molecule has 0 atom stereocenters. The van der Waals surface area contributed by atoms with Gasteiger partial charge < -0.3 is 5.73 Å². The molecule has 1 heterocycles. The highest BCUT2D eigenvalue weighted by Gasteiger charge is 2.31. The van der Waals surface area contributed by atoms with Crippen LogP contribution < -0.4 is 5.73 Å². The van der Waals surface area contributed by atoms with Gasteiger partial charge in [-0.25, -0.2) is 4.68 Å². The van der Waals surface area contributed by atoms with Crippen LogP contribution in [0, 0.1) is 3.57 Å². The highest BCUT2D eigenvalue weighted by molar-refractivity contribution is 14.1. The third-order valence-electron chi connectivity index (χ3n) is 2.75. The standard InChI is InChI=1S/C11H11IN4/c12-8-2-1-3-9(6-8)16-10(7-4-5-7)11(13)14-15-16/h1-3,6-7H,4-5,13H2. The third-order valence-corrected chi connectivity index (χ3v) is 3.42. The molecule has 2 aromatic rings. The van der Waals surface area contributed by atoms with E-state index in [1.165, 1.54) is 16.4 Å². The predicted octanol–water partition coefficient (Wildman–Crippen LogP) is 2.33. The molecule has 1 aromatic carbocycles. The minimum absolute atomic E-state index is 0.549. The Labute approximate surface area is 107 Å². The fourth-order valence-electron chi connectivity index (χ4n) is 1.84. The number of rotatable bonds is 2. The highest BCUT2D eigenvalue weighted by Crippen LogP contribution is 2.42. The highest BCUT2D eigenvalue weighted by atomic mass is 127. The Morgan fingerprint density at radius 1 is 1.38 bits per heavy atom. The van der Waals surface area contributed by atoms with Gasteiger partial charge in [0.05, 0.1) is 11.4 Å². The van der Waals surface area contributed by atoms with E-state index in [0.29, 0.717) is 11.7 Å². The molecule has 0 unspecified atom stereocenters. The van der Waals surface area contributed by atoms with Gasteiger partial charge in [0.1, 0.15) is 0 Å². The van der Waals surface area contributed by atoms with Gasteiger partial charge in [0, 0.05) is 9.49 Å². The number of hydrogen-bond donors (Lipinski definition) is 1. The lowest BCUT2D eigenvalue weighted by molar-refractivity contribution is 0.763. The molecular formula is C11H11IN4. The van der Waals surface area contributed by atoms with Gasteiger partial charge in [0.15, 0.2) is 5.82 Å². The van der Waals surface area contributed by atoms with Crippen molar-refractivity contribution in [3.05, 3.63) is 33.5 Å². The summed E-state index contributed by atoms with van der Waals surface area (Å²) in [4.78, 5) is 0. The zero-order chi connectivity index (χ0) is 11.1. The molecule has 16 heavy (non-hydrogen) atoms. The second kappa shape index (κ2) is 3.73. The Hall–Kier alpha value is -1.11. The van der Waals surface area contributed by atoms with Crippen LogP contribution in [0.1, 0.15) is 24.5 Å². The SMILES string of the molecule is Nc1nnn(-c2cccc(I)c2)c1C1CC1. The normalized spacial score (nSPS) is 15.3. The Bertz CT molecular complexity index is 531. The van der Waals surface area contributed by atoms with Crippen LogP contribution in [-0.4, -0.2) is 15.0 Å². The largest absolute Gasteiger partial charge is 0.381 e. The second-order valence-corrected chi connectivity index (χ2v) is 5.27. The maximum atomic E-state index is 5.86. The summed E-state index contributed by atoms with van der Waals surface area (Å²) in [7, 11) is 0. The Morgan fingerprint density at radius 3 is 2.88 bits per heavy atom. The molecule has 82 valence electrons. The van der Waals surface area contributed by atoms with E-state index < -0.39 is 0 Å². The molecule has 3 rings (SSSR count). The van der Waals surface area contributed by atoms with E-state index in [2.05, 4.69) is 45.0 Å². The smallest absolute Gasteiger partial charge is 0.169 e. The quantitative estimate of drug-likeness (QED) is 0.862. The average molecular weight is 326 g/mol. The van der Waals surface area contributed by atoms with Crippen molar-refractivity contribution in [3.8, 4) is 5.69 Å². The van der Waals surface area contributed by atoms with Crippen LogP contribution in [-0.2, 0) is 0 Å². The first-order valence-corrected chi connectivity index (χ1v) is 6.30. The van der Waals surface area contributed by atoms with E-state index in [4.69, 9.17) is 5.73 Å². The summed E-state index contributed by atoms with van der Waals surface area (Å²) >= 11 is 2.29. The molecule has 1 saturated carbocycles. The monoisotopic (exact) mass is 326 g/mol. The van der Waals surface area contributed by atoms with Crippen LogP contribution in [0.5, 0.6) is 0 Å². The first-order chi connectivity index (χ1) is 7.75. The third kappa shape index (κ3) is 1.68. The van der Waals surface area contributed by atoms with Gasteiger partial charge in [-0.15, -0.1) is 5.10 Å². The van der Waals surface area contributed by atoms with Crippen LogP contribution in [0.15, 0.2) is 24.3 Å². The number of benzene rings is 1. The van der Waals surface area contributed by atoms with Gasteiger partial charge in [-0.05, 0) is 53.6 Å². The van der Waals surface area contributed by atoms with Gasteiger partial charge in [-0.2, -0.15) is 0 Å². The molecule has 1 aromatic heterocycles. The van der Waals surface area contributed by atoms with Crippen molar-refractivity contribution in [2.75, 3.05) is 5.73 Å². The number of halogens is 1. The van der Waals surface area contributed by atoms with Crippen molar-refractivity contribution in [2.24, 2.45) is 0 Å². The van der Waals surface area contributed by atoms with Crippen molar-refractivity contribution in [1.82, 2.24) is 15.0 Å². The molecule has 1 aliphatic rings. The predicted molar refractivity (Wildman–Crippen MR) is 70.5 cm³/mol. The summed E-state index contributed by atoms with van der Waals surface area (Å²) in [5.74, 6) is 1.12. The van der Waals surface area contributed by atoms with Crippen molar-refractivity contribution in [2.45, 2.75) is 18.8 Å². The molecule has 0 spiro atoms. The number of nitrogens with zero attached hydrogens (tertiary/aromatic N) is 3. The first kappa shape index (κ1) is 10.1. The van der Waals surface area contributed by atoms with Crippen LogP contribution >= 0.6 is 22.6 Å². The van der Waals surface area contributed by atoms with E-state index in [1.54, 1.807) is 0 Å². The zero-order valence-electron chi connectivity index (χ0n) is 8.60. The number of hydrogen-bond acceptors (Lipinski definition) is 3. The fraction of sp³-hybridized carbons (Fsp3) is 0.273.